The number of nitrogens with zero attached hydrogens (tertiary/aromatic N) is 2. The summed E-state index contributed by atoms with van der Waals surface area (Å²) in [5.41, 5.74) is 6.61. The smallest absolute Gasteiger partial charge is 0.263 e. The minimum absolute atomic E-state index is 0.169. The number of hydrogen-bond donors (Lipinski definition) is 3. The van der Waals surface area contributed by atoms with Crippen molar-refractivity contribution < 1.29 is 4.79 Å². The van der Waals surface area contributed by atoms with Crippen molar-refractivity contribution >= 4 is 27.9 Å². The van der Waals surface area contributed by atoms with E-state index in [2.05, 4.69) is 21.6 Å². The minimum atomic E-state index is -0.169. The third-order valence-corrected chi connectivity index (χ3v) is 4.41. The Morgan fingerprint density at radius 3 is 2.81 bits per heavy atom. The van der Waals surface area contributed by atoms with Crippen molar-refractivity contribution in [3.05, 3.63) is 10.4 Å². The van der Waals surface area contributed by atoms with Crippen LogP contribution in [0.1, 0.15) is 34.5 Å². The summed E-state index contributed by atoms with van der Waals surface area (Å²) in [6, 6.07) is 2.37. The summed E-state index contributed by atoms with van der Waals surface area (Å²) in [5, 5.41) is 16.0. The van der Waals surface area contributed by atoms with Crippen LogP contribution in [0, 0.1) is 11.3 Å². The maximum absolute atomic E-state index is 12.1. The molecule has 0 aliphatic heterocycles. The molecular formula is C14H21N5OS. The number of nitriles is 1. The molecule has 0 atom stereocenters. The lowest BCUT2D eigenvalue weighted by atomic mass is 10.2. The summed E-state index contributed by atoms with van der Waals surface area (Å²) in [4.78, 5) is 14.6. The first-order valence-corrected chi connectivity index (χ1v) is 7.86. The highest BCUT2D eigenvalue weighted by atomic mass is 32.1. The van der Waals surface area contributed by atoms with Crippen molar-refractivity contribution in [3.63, 3.8) is 0 Å². The van der Waals surface area contributed by atoms with Gasteiger partial charge >= 0.3 is 0 Å². The Hall–Kier alpha value is -1.78. The van der Waals surface area contributed by atoms with Gasteiger partial charge in [0, 0.05) is 12.6 Å². The van der Waals surface area contributed by atoms with Crippen LogP contribution in [0.15, 0.2) is 0 Å². The van der Waals surface area contributed by atoms with Gasteiger partial charge in [0.15, 0.2) is 0 Å². The van der Waals surface area contributed by atoms with Gasteiger partial charge in [-0.25, -0.2) is 0 Å². The van der Waals surface area contributed by atoms with Crippen LogP contribution in [0.25, 0.3) is 0 Å². The molecule has 2 rings (SSSR count). The molecule has 0 spiro atoms. The van der Waals surface area contributed by atoms with Crippen LogP contribution in [0.3, 0.4) is 0 Å². The monoisotopic (exact) mass is 307 g/mol. The number of nitrogen functional groups attached to an aromatic ring is 1. The van der Waals surface area contributed by atoms with Gasteiger partial charge in [-0.3, -0.25) is 4.79 Å². The van der Waals surface area contributed by atoms with Crippen LogP contribution in [-0.2, 0) is 0 Å². The largest absolute Gasteiger partial charge is 0.396 e. The summed E-state index contributed by atoms with van der Waals surface area (Å²) in [5.74, 6) is -0.169. The minimum Gasteiger partial charge on any atom is -0.396 e. The van der Waals surface area contributed by atoms with Gasteiger partial charge in [0.2, 0.25) is 0 Å². The Labute approximate surface area is 128 Å². The summed E-state index contributed by atoms with van der Waals surface area (Å²) in [6.45, 7) is 1.71. The van der Waals surface area contributed by atoms with E-state index >= 15 is 0 Å². The molecule has 0 unspecified atom stereocenters. The Balaban J connectivity index is 2.03. The number of anilines is 2. The van der Waals surface area contributed by atoms with Gasteiger partial charge < -0.3 is 21.3 Å². The van der Waals surface area contributed by atoms with Gasteiger partial charge in [0.1, 0.15) is 21.5 Å². The predicted molar refractivity (Wildman–Crippen MR) is 85.6 cm³/mol. The second kappa shape index (κ2) is 6.78. The van der Waals surface area contributed by atoms with Crippen molar-refractivity contribution in [2.24, 2.45) is 0 Å². The van der Waals surface area contributed by atoms with Crippen molar-refractivity contribution in [2.45, 2.75) is 25.3 Å². The molecular weight excluding hydrogens is 286 g/mol. The first-order chi connectivity index (χ1) is 10.0. The summed E-state index contributed by atoms with van der Waals surface area (Å²) in [6.07, 6.45) is 3.01. The molecule has 1 heterocycles. The lowest BCUT2D eigenvalue weighted by Gasteiger charge is -2.09. The van der Waals surface area contributed by atoms with Gasteiger partial charge in [-0.2, -0.15) is 5.26 Å². The first kappa shape index (κ1) is 15.6. The third-order valence-electron chi connectivity index (χ3n) is 3.24. The molecule has 1 amide bonds. The fraction of sp³-hybridized carbons (Fsp3) is 0.571. The van der Waals surface area contributed by atoms with E-state index < -0.39 is 0 Å². The van der Waals surface area contributed by atoms with Crippen LogP contribution in [0.5, 0.6) is 0 Å². The third kappa shape index (κ3) is 4.09. The molecule has 0 bridgehead atoms. The van der Waals surface area contributed by atoms with Gasteiger partial charge in [-0.1, -0.05) is 0 Å². The zero-order valence-corrected chi connectivity index (χ0v) is 13.2. The molecule has 7 heteroatoms. The van der Waals surface area contributed by atoms with E-state index in [1.807, 2.05) is 14.1 Å². The van der Waals surface area contributed by atoms with Crippen LogP contribution in [0.4, 0.5) is 10.7 Å². The van der Waals surface area contributed by atoms with Gasteiger partial charge in [0.25, 0.3) is 5.91 Å². The molecule has 0 radical (unpaired) electrons. The summed E-state index contributed by atoms with van der Waals surface area (Å²) in [7, 11) is 4.04. The summed E-state index contributed by atoms with van der Waals surface area (Å²) < 4.78 is 0. The molecule has 1 aliphatic rings. The number of amides is 1. The highest BCUT2D eigenvalue weighted by Gasteiger charge is 2.27. The van der Waals surface area contributed by atoms with Crippen LogP contribution in [-0.4, -0.2) is 44.0 Å². The quantitative estimate of drug-likeness (QED) is 0.663. The lowest BCUT2D eigenvalue weighted by Crippen LogP contribution is -2.25. The normalized spacial score (nSPS) is 14.0. The number of hydrogen-bond acceptors (Lipinski definition) is 6. The van der Waals surface area contributed by atoms with Gasteiger partial charge in [-0.05, 0) is 39.9 Å². The van der Waals surface area contributed by atoms with Crippen LogP contribution in [0.2, 0.25) is 0 Å². The second-order valence-corrected chi connectivity index (χ2v) is 6.51. The van der Waals surface area contributed by atoms with E-state index in [1.54, 1.807) is 0 Å². The molecule has 1 aromatic heterocycles. The van der Waals surface area contributed by atoms with E-state index in [0.717, 1.165) is 32.4 Å². The van der Waals surface area contributed by atoms with E-state index in [0.29, 0.717) is 15.4 Å². The predicted octanol–water partition coefficient (Wildman–Crippen LogP) is 1.46. The fourth-order valence-corrected chi connectivity index (χ4v) is 2.92. The van der Waals surface area contributed by atoms with Crippen molar-refractivity contribution in [2.75, 3.05) is 38.2 Å². The van der Waals surface area contributed by atoms with Crippen LogP contribution >= 0.6 is 11.3 Å². The van der Waals surface area contributed by atoms with Gasteiger partial charge in [-0.15, -0.1) is 11.3 Å². The maximum Gasteiger partial charge on any atom is 0.263 e. The molecule has 1 saturated carbocycles. The average Bonchev–Trinajstić information content (AvgIpc) is 3.17. The van der Waals surface area contributed by atoms with E-state index in [9.17, 15) is 10.1 Å². The SMILES string of the molecule is CN(C)CCCNc1sc(C(=O)NC2CC2)c(N)c1C#N. The van der Waals surface area contributed by atoms with E-state index in [-0.39, 0.29) is 17.6 Å². The van der Waals surface area contributed by atoms with Crippen LogP contribution < -0.4 is 16.4 Å². The molecule has 1 fully saturated rings. The molecule has 6 nitrogen and oxygen atoms in total. The van der Waals surface area contributed by atoms with Crippen molar-refractivity contribution in [1.29, 1.82) is 5.26 Å². The number of carbonyl (C=O) groups excluding carboxylic acids is 1. The Bertz CT molecular complexity index is 556. The Morgan fingerprint density at radius 1 is 1.52 bits per heavy atom. The number of thiophene rings is 1. The van der Waals surface area contributed by atoms with Gasteiger partial charge in [0.05, 0.1) is 5.69 Å². The average molecular weight is 307 g/mol. The first-order valence-electron chi connectivity index (χ1n) is 7.04. The Morgan fingerprint density at radius 2 is 2.24 bits per heavy atom. The second-order valence-electron chi connectivity index (χ2n) is 5.49. The standard InChI is InChI=1S/C14H21N5OS/c1-19(2)7-3-6-17-14-10(8-15)11(16)12(21-14)13(20)18-9-4-5-9/h9,17H,3-7,16H2,1-2H3,(H,18,20). The Kier molecular flexibility index (Phi) is 5.04. The zero-order chi connectivity index (χ0) is 15.4. The topological polar surface area (TPSA) is 94.2 Å². The maximum atomic E-state index is 12.1. The molecule has 1 aliphatic carbocycles. The lowest BCUT2D eigenvalue weighted by molar-refractivity contribution is 0.0956. The van der Waals surface area contributed by atoms with E-state index in [1.165, 1.54) is 11.3 Å². The van der Waals surface area contributed by atoms with Crippen molar-refractivity contribution in [3.8, 4) is 6.07 Å². The number of rotatable bonds is 7. The number of carbonyl (C=O) groups is 1. The number of nitrogens with two attached hydrogens (primary N) is 1. The molecule has 1 aromatic rings. The summed E-state index contributed by atoms with van der Waals surface area (Å²) >= 11 is 1.26. The molecule has 0 saturated heterocycles. The highest BCUT2D eigenvalue weighted by Crippen LogP contribution is 2.35. The highest BCUT2D eigenvalue weighted by molar-refractivity contribution is 7.18. The van der Waals surface area contributed by atoms with Crippen molar-refractivity contribution in [1.82, 2.24) is 10.2 Å². The fourth-order valence-electron chi connectivity index (χ4n) is 1.92. The molecule has 114 valence electrons. The zero-order valence-electron chi connectivity index (χ0n) is 12.4. The molecule has 0 aromatic carbocycles. The molecule has 21 heavy (non-hydrogen) atoms. The number of nitrogens with one attached hydrogen (secondary N) is 2. The molecule has 4 N–H and O–H groups in total. The van der Waals surface area contributed by atoms with E-state index in [4.69, 9.17) is 5.73 Å².